The first kappa shape index (κ1) is 20.0. The normalized spacial score (nSPS) is 17.3. The molecule has 4 rings (SSSR count). The third kappa shape index (κ3) is 4.17. The van der Waals surface area contributed by atoms with E-state index in [1.54, 1.807) is 11.7 Å². The van der Waals surface area contributed by atoms with Crippen LogP contribution in [0.4, 0.5) is 5.69 Å². The summed E-state index contributed by atoms with van der Waals surface area (Å²) in [4.78, 5) is 4.90. The number of fused-ring (bicyclic) bond motifs is 1. The van der Waals surface area contributed by atoms with E-state index in [4.69, 9.17) is 4.74 Å². The molecule has 6 heteroatoms. The van der Waals surface area contributed by atoms with Crippen LogP contribution in [0, 0.1) is 0 Å². The molecule has 0 bridgehead atoms. The summed E-state index contributed by atoms with van der Waals surface area (Å²) in [7, 11) is 1.73. The minimum Gasteiger partial charge on any atom is -0.495 e. The zero-order valence-corrected chi connectivity index (χ0v) is 17.4. The molecule has 1 aromatic carbocycles. The summed E-state index contributed by atoms with van der Waals surface area (Å²) in [5.74, 6) is 1.53. The number of anilines is 1. The first-order valence-corrected chi connectivity index (χ1v) is 10.9. The predicted molar refractivity (Wildman–Crippen MR) is 115 cm³/mol. The molecule has 1 aromatic heterocycles. The second-order valence-corrected chi connectivity index (χ2v) is 8.17. The van der Waals surface area contributed by atoms with Gasteiger partial charge in [-0.2, -0.15) is 0 Å². The lowest BCUT2D eigenvalue weighted by Crippen LogP contribution is -2.46. The molecule has 2 heterocycles. The number of hydrogen-bond acceptors (Lipinski definition) is 5. The summed E-state index contributed by atoms with van der Waals surface area (Å²) >= 11 is 0. The molecule has 2 N–H and O–H groups in total. The lowest BCUT2D eigenvalue weighted by molar-refractivity contribution is 0.249. The topological polar surface area (TPSA) is 61.1 Å². The Morgan fingerprint density at radius 2 is 1.48 bits per heavy atom. The molecule has 0 unspecified atom stereocenters. The fourth-order valence-corrected chi connectivity index (χ4v) is 4.75. The maximum absolute atomic E-state index is 10.5. The maximum atomic E-state index is 10.5. The highest BCUT2D eigenvalue weighted by Crippen LogP contribution is 2.38. The molecule has 1 aliphatic carbocycles. The van der Waals surface area contributed by atoms with E-state index in [2.05, 4.69) is 21.9 Å². The molecule has 158 valence electrons. The molecular formula is C23H33N3O3. The van der Waals surface area contributed by atoms with Gasteiger partial charge in [0.15, 0.2) is 11.8 Å². The summed E-state index contributed by atoms with van der Waals surface area (Å²) in [6.45, 7) is 5.85. The van der Waals surface area contributed by atoms with Crippen LogP contribution in [0.25, 0.3) is 0 Å². The van der Waals surface area contributed by atoms with Crippen molar-refractivity contribution in [2.45, 2.75) is 45.1 Å². The van der Waals surface area contributed by atoms with Gasteiger partial charge in [0.2, 0.25) is 0 Å². The van der Waals surface area contributed by atoms with Gasteiger partial charge in [-0.1, -0.05) is 12.1 Å². The highest BCUT2D eigenvalue weighted by Gasteiger charge is 2.24. The first-order chi connectivity index (χ1) is 14.2. The van der Waals surface area contributed by atoms with E-state index in [0.717, 1.165) is 88.1 Å². The molecule has 1 fully saturated rings. The standard InChI is InChI=1S/C23H33N3O3/c1-29-21-11-5-4-10-20(21)25-16-14-24(15-17-25)12-6-7-13-26-22(27)18-8-2-3-9-19(18)23(26)28/h4-5,10-11,27-28H,2-3,6-9,12-17H2,1H3. The van der Waals surface area contributed by atoms with Crippen LogP contribution in [-0.2, 0) is 19.4 Å². The molecule has 0 saturated carbocycles. The van der Waals surface area contributed by atoms with Crippen molar-refractivity contribution < 1.29 is 14.9 Å². The van der Waals surface area contributed by atoms with Crippen molar-refractivity contribution >= 4 is 5.69 Å². The Bertz CT molecular complexity index is 796. The number of para-hydroxylation sites is 2. The van der Waals surface area contributed by atoms with Crippen molar-refractivity contribution in [2.24, 2.45) is 0 Å². The van der Waals surface area contributed by atoms with E-state index < -0.39 is 0 Å². The van der Waals surface area contributed by atoms with Crippen LogP contribution < -0.4 is 9.64 Å². The van der Waals surface area contributed by atoms with Crippen LogP contribution in [0.3, 0.4) is 0 Å². The van der Waals surface area contributed by atoms with Crippen molar-refractivity contribution in [3.8, 4) is 17.5 Å². The van der Waals surface area contributed by atoms with E-state index in [1.165, 1.54) is 5.69 Å². The van der Waals surface area contributed by atoms with Gasteiger partial charge in [0.05, 0.1) is 12.8 Å². The number of unbranched alkanes of at least 4 members (excludes halogenated alkanes) is 1. The summed E-state index contributed by atoms with van der Waals surface area (Å²) < 4.78 is 7.22. The molecule has 1 saturated heterocycles. The summed E-state index contributed by atoms with van der Waals surface area (Å²) in [6, 6.07) is 8.22. The van der Waals surface area contributed by atoms with E-state index in [1.807, 2.05) is 12.1 Å². The summed E-state index contributed by atoms with van der Waals surface area (Å²) in [6.07, 6.45) is 6.00. The second-order valence-electron chi connectivity index (χ2n) is 8.17. The zero-order valence-electron chi connectivity index (χ0n) is 17.4. The van der Waals surface area contributed by atoms with Gasteiger partial charge in [-0.15, -0.1) is 0 Å². The van der Waals surface area contributed by atoms with Crippen molar-refractivity contribution in [2.75, 3.05) is 44.7 Å². The predicted octanol–water partition coefficient (Wildman–Crippen LogP) is 3.39. The van der Waals surface area contributed by atoms with Crippen LogP contribution in [0.2, 0.25) is 0 Å². The van der Waals surface area contributed by atoms with Gasteiger partial charge in [0.25, 0.3) is 0 Å². The number of methoxy groups -OCH3 is 1. The van der Waals surface area contributed by atoms with Gasteiger partial charge in [-0.3, -0.25) is 9.47 Å². The lowest BCUT2D eigenvalue weighted by Gasteiger charge is -2.36. The Morgan fingerprint density at radius 1 is 0.862 bits per heavy atom. The van der Waals surface area contributed by atoms with Gasteiger partial charge in [-0.05, 0) is 57.2 Å². The fraction of sp³-hybridized carbons (Fsp3) is 0.565. The SMILES string of the molecule is COc1ccccc1N1CCN(CCCCn2c(O)c3c(c2O)CCCC3)CC1. The van der Waals surface area contributed by atoms with Crippen molar-refractivity contribution in [3.63, 3.8) is 0 Å². The van der Waals surface area contributed by atoms with Gasteiger partial charge >= 0.3 is 0 Å². The molecule has 0 amide bonds. The zero-order chi connectivity index (χ0) is 20.2. The van der Waals surface area contributed by atoms with E-state index in [9.17, 15) is 10.2 Å². The van der Waals surface area contributed by atoms with Gasteiger partial charge in [0.1, 0.15) is 5.75 Å². The Labute approximate surface area is 173 Å². The average molecular weight is 400 g/mol. The Kier molecular flexibility index (Phi) is 6.19. The molecule has 1 aliphatic heterocycles. The third-order valence-electron chi connectivity index (χ3n) is 6.42. The van der Waals surface area contributed by atoms with Crippen LogP contribution in [-0.4, -0.2) is 59.5 Å². The van der Waals surface area contributed by atoms with Gasteiger partial charge < -0.3 is 19.8 Å². The molecule has 0 atom stereocenters. The maximum Gasteiger partial charge on any atom is 0.197 e. The third-order valence-corrected chi connectivity index (χ3v) is 6.42. The fourth-order valence-electron chi connectivity index (χ4n) is 4.75. The van der Waals surface area contributed by atoms with Crippen molar-refractivity contribution in [1.29, 1.82) is 0 Å². The van der Waals surface area contributed by atoms with Crippen LogP contribution in [0.5, 0.6) is 17.5 Å². The Balaban J connectivity index is 1.23. The monoisotopic (exact) mass is 399 g/mol. The van der Waals surface area contributed by atoms with Crippen LogP contribution in [0.15, 0.2) is 24.3 Å². The number of ether oxygens (including phenoxy) is 1. The molecular weight excluding hydrogens is 366 g/mol. The second kappa shape index (κ2) is 8.99. The number of benzene rings is 1. The summed E-state index contributed by atoms with van der Waals surface area (Å²) in [5, 5.41) is 20.9. The van der Waals surface area contributed by atoms with E-state index in [-0.39, 0.29) is 0 Å². The number of aromatic hydroxyl groups is 2. The van der Waals surface area contributed by atoms with Crippen LogP contribution in [0.1, 0.15) is 36.8 Å². The molecule has 2 aliphatic rings. The quantitative estimate of drug-likeness (QED) is 0.699. The van der Waals surface area contributed by atoms with Gasteiger partial charge in [-0.25, -0.2) is 0 Å². The van der Waals surface area contributed by atoms with Crippen molar-refractivity contribution in [3.05, 3.63) is 35.4 Å². The smallest absolute Gasteiger partial charge is 0.197 e. The highest BCUT2D eigenvalue weighted by molar-refractivity contribution is 5.58. The number of nitrogens with zero attached hydrogens (tertiary/aromatic N) is 3. The Morgan fingerprint density at radius 3 is 2.14 bits per heavy atom. The molecule has 2 aromatic rings. The minimum atomic E-state index is 0.294. The summed E-state index contributed by atoms with van der Waals surface area (Å²) in [5.41, 5.74) is 3.12. The Hall–Kier alpha value is -2.34. The van der Waals surface area contributed by atoms with Crippen molar-refractivity contribution in [1.82, 2.24) is 9.47 Å². The van der Waals surface area contributed by atoms with Crippen LogP contribution >= 0.6 is 0 Å². The van der Waals surface area contributed by atoms with E-state index >= 15 is 0 Å². The first-order valence-electron chi connectivity index (χ1n) is 10.9. The molecule has 6 nitrogen and oxygen atoms in total. The minimum absolute atomic E-state index is 0.294. The number of piperazine rings is 1. The van der Waals surface area contributed by atoms with E-state index in [0.29, 0.717) is 18.3 Å². The number of hydrogen-bond donors (Lipinski definition) is 2. The number of aromatic nitrogens is 1. The lowest BCUT2D eigenvalue weighted by atomic mass is 9.95. The molecule has 29 heavy (non-hydrogen) atoms. The molecule has 0 spiro atoms. The highest BCUT2D eigenvalue weighted by atomic mass is 16.5. The van der Waals surface area contributed by atoms with Gasteiger partial charge in [0, 0.05) is 43.9 Å². The largest absolute Gasteiger partial charge is 0.495 e. The average Bonchev–Trinajstić information content (AvgIpc) is 3.02. The number of rotatable bonds is 7. The molecule has 0 radical (unpaired) electrons.